The van der Waals surface area contributed by atoms with E-state index in [1.165, 1.54) is 0 Å². The molecule has 4 nitrogen and oxygen atoms in total. The van der Waals surface area contributed by atoms with Crippen LogP contribution in [0, 0.1) is 5.92 Å². The summed E-state index contributed by atoms with van der Waals surface area (Å²) < 4.78 is 5.36. The van der Waals surface area contributed by atoms with Gasteiger partial charge in [-0.3, -0.25) is 0 Å². The van der Waals surface area contributed by atoms with Crippen molar-refractivity contribution in [2.45, 2.75) is 26.4 Å². The van der Waals surface area contributed by atoms with Gasteiger partial charge in [0, 0.05) is 6.07 Å². The summed E-state index contributed by atoms with van der Waals surface area (Å²) in [6.07, 6.45) is 0. The van der Waals surface area contributed by atoms with E-state index in [1.54, 1.807) is 0 Å². The zero-order valence-electron chi connectivity index (χ0n) is 10.7. The minimum Gasteiger partial charge on any atom is -0.478 e. The zero-order chi connectivity index (χ0) is 12.5. The highest BCUT2D eigenvalue weighted by Gasteiger charge is 2.44. The van der Waals surface area contributed by atoms with Gasteiger partial charge in [-0.1, -0.05) is 19.9 Å². The van der Waals surface area contributed by atoms with Crippen LogP contribution in [-0.4, -0.2) is 35.4 Å². The van der Waals surface area contributed by atoms with Crippen LogP contribution in [0.1, 0.15) is 20.8 Å². The van der Waals surface area contributed by atoms with Crippen LogP contribution in [0.5, 0.6) is 5.88 Å². The van der Waals surface area contributed by atoms with E-state index in [-0.39, 0.29) is 5.92 Å². The van der Waals surface area contributed by atoms with Crippen LogP contribution < -0.4 is 9.64 Å². The summed E-state index contributed by atoms with van der Waals surface area (Å²) in [4.78, 5) is 6.47. The van der Waals surface area contributed by atoms with Crippen LogP contribution in [0.3, 0.4) is 0 Å². The van der Waals surface area contributed by atoms with E-state index in [2.05, 4.69) is 9.88 Å². The lowest BCUT2D eigenvalue weighted by atomic mass is 9.83. The summed E-state index contributed by atoms with van der Waals surface area (Å²) >= 11 is 0. The summed E-state index contributed by atoms with van der Waals surface area (Å²) in [5, 5.41) is 10.2. The maximum Gasteiger partial charge on any atom is 0.215 e. The molecule has 0 radical (unpaired) electrons. The molecule has 0 bridgehead atoms. The Hall–Kier alpha value is -1.29. The Bertz CT molecular complexity index is 387. The second kappa shape index (κ2) is 4.53. The van der Waals surface area contributed by atoms with Gasteiger partial charge in [-0.15, -0.1) is 0 Å². The average molecular weight is 236 g/mol. The highest BCUT2D eigenvalue weighted by Crippen LogP contribution is 2.32. The van der Waals surface area contributed by atoms with Gasteiger partial charge in [-0.2, -0.15) is 4.98 Å². The first-order chi connectivity index (χ1) is 8.05. The number of anilines is 1. The highest BCUT2D eigenvalue weighted by molar-refractivity contribution is 5.45. The molecule has 1 fully saturated rings. The predicted molar refractivity (Wildman–Crippen MR) is 67.4 cm³/mol. The van der Waals surface area contributed by atoms with Crippen molar-refractivity contribution in [1.82, 2.24) is 4.98 Å². The maximum absolute atomic E-state index is 10.2. The van der Waals surface area contributed by atoms with Crippen LogP contribution in [0.25, 0.3) is 0 Å². The number of β-amino-alcohol motifs (C(OH)–C–C–N with tert-alkyl or cyclic N) is 1. The second-order valence-corrected chi connectivity index (χ2v) is 4.88. The molecule has 0 saturated carbocycles. The molecule has 2 rings (SSSR count). The van der Waals surface area contributed by atoms with Gasteiger partial charge in [-0.25, -0.2) is 0 Å². The molecule has 1 aliphatic rings. The molecular weight excluding hydrogens is 216 g/mol. The van der Waals surface area contributed by atoms with Crippen LogP contribution >= 0.6 is 0 Å². The van der Waals surface area contributed by atoms with E-state index in [0.717, 1.165) is 5.82 Å². The quantitative estimate of drug-likeness (QED) is 0.864. The van der Waals surface area contributed by atoms with Crippen molar-refractivity contribution in [1.29, 1.82) is 0 Å². The fraction of sp³-hybridized carbons (Fsp3) is 0.615. The largest absolute Gasteiger partial charge is 0.478 e. The lowest BCUT2D eigenvalue weighted by molar-refractivity contribution is -0.0304. The van der Waals surface area contributed by atoms with Crippen molar-refractivity contribution >= 4 is 5.82 Å². The summed E-state index contributed by atoms with van der Waals surface area (Å²) in [5.74, 6) is 1.79. The standard InChI is InChI=1S/C13H20N2O2/c1-4-17-12-7-5-6-11(14-12)15-8-13(16,9-15)10(2)3/h5-7,10,16H,4,8-9H2,1-3H3. The summed E-state index contributed by atoms with van der Waals surface area (Å²) in [5.41, 5.74) is -0.566. The first-order valence-corrected chi connectivity index (χ1v) is 6.12. The number of pyridine rings is 1. The lowest BCUT2D eigenvalue weighted by Gasteiger charge is -2.49. The lowest BCUT2D eigenvalue weighted by Crippen LogP contribution is -2.65. The van der Waals surface area contributed by atoms with E-state index in [0.29, 0.717) is 25.6 Å². The molecule has 4 heteroatoms. The van der Waals surface area contributed by atoms with Crippen molar-refractivity contribution in [2.24, 2.45) is 5.92 Å². The number of hydrogen-bond acceptors (Lipinski definition) is 4. The topological polar surface area (TPSA) is 45.6 Å². The van der Waals surface area contributed by atoms with Crippen molar-refractivity contribution in [2.75, 3.05) is 24.6 Å². The molecule has 1 aromatic heterocycles. The minimum atomic E-state index is -0.566. The van der Waals surface area contributed by atoms with Crippen molar-refractivity contribution < 1.29 is 9.84 Å². The Morgan fingerprint density at radius 2 is 2.18 bits per heavy atom. The molecule has 1 saturated heterocycles. The Balaban J connectivity index is 2.03. The average Bonchev–Trinajstić information content (AvgIpc) is 2.25. The number of nitrogens with zero attached hydrogens (tertiary/aromatic N) is 2. The van der Waals surface area contributed by atoms with E-state index in [9.17, 15) is 5.11 Å². The summed E-state index contributed by atoms with van der Waals surface area (Å²) in [6, 6.07) is 5.73. The van der Waals surface area contributed by atoms with Crippen molar-refractivity contribution in [3.05, 3.63) is 18.2 Å². The van der Waals surface area contributed by atoms with E-state index in [4.69, 9.17) is 4.74 Å². The Morgan fingerprint density at radius 3 is 2.76 bits per heavy atom. The first kappa shape index (κ1) is 12.2. The fourth-order valence-corrected chi connectivity index (χ4v) is 1.95. The molecule has 1 N–H and O–H groups in total. The van der Waals surface area contributed by atoms with Gasteiger partial charge in [0.25, 0.3) is 0 Å². The van der Waals surface area contributed by atoms with Gasteiger partial charge in [0.05, 0.1) is 19.7 Å². The van der Waals surface area contributed by atoms with Crippen molar-refractivity contribution in [3.8, 4) is 5.88 Å². The third kappa shape index (κ3) is 2.36. The molecule has 94 valence electrons. The molecule has 0 atom stereocenters. The van der Waals surface area contributed by atoms with Gasteiger partial charge in [-0.05, 0) is 18.9 Å². The number of hydrogen-bond donors (Lipinski definition) is 1. The van der Waals surface area contributed by atoms with Crippen LogP contribution in [0.15, 0.2) is 18.2 Å². The number of rotatable bonds is 4. The Labute approximate surface area is 102 Å². The van der Waals surface area contributed by atoms with Gasteiger partial charge in [0.1, 0.15) is 11.4 Å². The number of ether oxygens (including phenoxy) is 1. The normalized spacial score (nSPS) is 18.1. The third-order valence-corrected chi connectivity index (χ3v) is 3.33. The SMILES string of the molecule is CCOc1cccc(N2CC(O)(C(C)C)C2)n1. The van der Waals surface area contributed by atoms with Crippen LogP contribution in [0.4, 0.5) is 5.82 Å². The van der Waals surface area contributed by atoms with E-state index < -0.39 is 5.60 Å². The molecule has 0 unspecified atom stereocenters. The molecule has 0 amide bonds. The Morgan fingerprint density at radius 1 is 1.47 bits per heavy atom. The number of aliphatic hydroxyl groups is 1. The van der Waals surface area contributed by atoms with Crippen LogP contribution in [0.2, 0.25) is 0 Å². The monoisotopic (exact) mass is 236 g/mol. The molecule has 1 aromatic rings. The summed E-state index contributed by atoms with van der Waals surface area (Å²) in [7, 11) is 0. The van der Waals surface area contributed by atoms with E-state index >= 15 is 0 Å². The molecule has 0 aliphatic carbocycles. The molecular formula is C13H20N2O2. The molecule has 0 spiro atoms. The smallest absolute Gasteiger partial charge is 0.215 e. The minimum absolute atomic E-state index is 0.272. The highest BCUT2D eigenvalue weighted by atomic mass is 16.5. The maximum atomic E-state index is 10.2. The van der Waals surface area contributed by atoms with Crippen LogP contribution in [-0.2, 0) is 0 Å². The van der Waals surface area contributed by atoms with Gasteiger partial charge in [0.2, 0.25) is 5.88 Å². The van der Waals surface area contributed by atoms with Gasteiger partial charge >= 0.3 is 0 Å². The van der Waals surface area contributed by atoms with Gasteiger partial charge < -0.3 is 14.7 Å². The second-order valence-electron chi connectivity index (χ2n) is 4.88. The van der Waals surface area contributed by atoms with Gasteiger partial charge in [0.15, 0.2) is 0 Å². The number of aromatic nitrogens is 1. The van der Waals surface area contributed by atoms with E-state index in [1.807, 2.05) is 39.0 Å². The third-order valence-electron chi connectivity index (χ3n) is 3.33. The first-order valence-electron chi connectivity index (χ1n) is 6.12. The Kier molecular flexibility index (Phi) is 3.24. The summed E-state index contributed by atoms with van der Waals surface area (Å²) in [6.45, 7) is 7.94. The van der Waals surface area contributed by atoms with Crippen molar-refractivity contribution in [3.63, 3.8) is 0 Å². The molecule has 0 aromatic carbocycles. The molecule has 1 aliphatic heterocycles. The predicted octanol–water partition coefficient (Wildman–Crippen LogP) is 1.69. The molecule has 17 heavy (non-hydrogen) atoms. The zero-order valence-corrected chi connectivity index (χ0v) is 10.7. The fourth-order valence-electron chi connectivity index (χ4n) is 1.95. The molecule has 2 heterocycles.